The number of benzene rings is 2. The van der Waals surface area contributed by atoms with Crippen molar-refractivity contribution in [1.82, 2.24) is 0 Å². The third-order valence-electron chi connectivity index (χ3n) is 3.81. The van der Waals surface area contributed by atoms with Crippen molar-refractivity contribution >= 4 is 17.0 Å². The van der Waals surface area contributed by atoms with Crippen LogP contribution >= 0.6 is 0 Å². The SMILES string of the molecule is CC1=C(Cc2ccc3ccccc3c2C)N=CC1. The number of nitrogens with zero attached hydrogens (tertiary/aromatic N) is 1. The summed E-state index contributed by atoms with van der Waals surface area (Å²) in [6.07, 6.45) is 3.99. The smallest absolute Gasteiger partial charge is 0.0436 e. The lowest BCUT2D eigenvalue weighted by Gasteiger charge is -2.10. The molecule has 0 fully saturated rings. The van der Waals surface area contributed by atoms with Crippen molar-refractivity contribution in [3.63, 3.8) is 0 Å². The van der Waals surface area contributed by atoms with Gasteiger partial charge in [-0.1, -0.05) is 36.4 Å². The maximum atomic E-state index is 4.49. The Morgan fingerprint density at radius 2 is 1.89 bits per heavy atom. The highest BCUT2D eigenvalue weighted by Crippen LogP contribution is 2.26. The summed E-state index contributed by atoms with van der Waals surface area (Å²) in [5.74, 6) is 0. The van der Waals surface area contributed by atoms with Crippen molar-refractivity contribution in [2.75, 3.05) is 0 Å². The molecule has 0 saturated carbocycles. The monoisotopic (exact) mass is 235 g/mol. The van der Waals surface area contributed by atoms with E-state index in [-0.39, 0.29) is 0 Å². The summed E-state index contributed by atoms with van der Waals surface area (Å²) in [6, 6.07) is 13.0. The van der Waals surface area contributed by atoms with Gasteiger partial charge in [-0.25, -0.2) is 0 Å². The molecule has 1 aliphatic rings. The van der Waals surface area contributed by atoms with Gasteiger partial charge < -0.3 is 0 Å². The molecule has 0 spiro atoms. The lowest BCUT2D eigenvalue weighted by molar-refractivity contribution is 1.07. The summed E-state index contributed by atoms with van der Waals surface area (Å²) in [7, 11) is 0. The molecule has 2 aromatic carbocycles. The number of aliphatic imine (C=N–C) groups is 1. The Kier molecular flexibility index (Phi) is 2.75. The first-order chi connectivity index (χ1) is 8.75. The van der Waals surface area contributed by atoms with Crippen LogP contribution in [0.1, 0.15) is 24.5 Å². The zero-order valence-corrected chi connectivity index (χ0v) is 10.9. The number of fused-ring (bicyclic) bond motifs is 1. The first-order valence-electron chi connectivity index (χ1n) is 6.44. The highest BCUT2D eigenvalue weighted by Gasteiger charge is 2.10. The van der Waals surface area contributed by atoms with Gasteiger partial charge in [0.05, 0.1) is 0 Å². The van der Waals surface area contributed by atoms with Gasteiger partial charge in [0.15, 0.2) is 0 Å². The van der Waals surface area contributed by atoms with Crippen LogP contribution in [0.4, 0.5) is 0 Å². The Hall–Kier alpha value is -1.89. The van der Waals surface area contributed by atoms with Crippen LogP contribution in [0, 0.1) is 6.92 Å². The van der Waals surface area contributed by atoms with Crippen molar-refractivity contribution in [2.24, 2.45) is 4.99 Å². The second-order valence-corrected chi connectivity index (χ2v) is 4.99. The van der Waals surface area contributed by atoms with Gasteiger partial charge in [0.1, 0.15) is 0 Å². The largest absolute Gasteiger partial charge is 0.265 e. The van der Waals surface area contributed by atoms with Crippen LogP contribution in [0.2, 0.25) is 0 Å². The lowest BCUT2D eigenvalue weighted by atomic mass is 9.96. The van der Waals surface area contributed by atoms with Crippen LogP contribution in [-0.2, 0) is 6.42 Å². The topological polar surface area (TPSA) is 12.4 Å². The fourth-order valence-electron chi connectivity index (χ4n) is 2.56. The van der Waals surface area contributed by atoms with Gasteiger partial charge in [0.2, 0.25) is 0 Å². The van der Waals surface area contributed by atoms with Crippen LogP contribution in [0.25, 0.3) is 10.8 Å². The van der Waals surface area contributed by atoms with Gasteiger partial charge in [-0.15, -0.1) is 0 Å². The van der Waals surface area contributed by atoms with E-state index in [0.717, 1.165) is 12.8 Å². The fraction of sp³-hybridized carbons (Fsp3) is 0.235. The van der Waals surface area contributed by atoms with E-state index in [1.807, 2.05) is 6.21 Å². The molecule has 0 bridgehead atoms. The number of hydrogen-bond donors (Lipinski definition) is 0. The minimum absolute atomic E-state index is 0.957. The second kappa shape index (κ2) is 4.41. The normalized spacial score (nSPS) is 14.8. The molecule has 0 amide bonds. The Morgan fingerprint density at radius 3 is 2.67 bits per heavy atom. The summed E-state index contributed by atoms with van der Waals surface area (Å²) < 4.78 is 0. The predicted molar refractivity (Wildman–Crippen MR) is 78.2 cm³/mol. The Bertz CT molecular complexity index is 662. The number of aryl methyl sites for hydroxylation is 1. The number of rotatable bonds is 2. The van der Waals surface area contributed by atoms with Crippen LogP contribution < -0.4 is 0 Å². The average Bonchev–Trinajstić information content (AvgIpc) is 2.79. The second-order valence-electron chi connectivity index (χ2n) is 4.99. The molecule has 0 N–H and O–H groups in total. The highest BCUT2D eigenvalue weighted by atomic mass is 14.8. The quantitative estimate of drug-likeness (QED) is 0.729. The molecule has 90 valence electrons. The highest BCUT2D eigenvalue weighted by molar-refractivity contribution is 5.86. The van der Waals surface area contributed by atoms with Crippen LogP contribution in [0.5, 0.6) is 0 Å². The average molecular weight is 235 g/mol. The van der Waals surface area contributed by atoms with E-state index in [9.17, 15) is 0 Å². The zero-order chi connectivity index (χ0) is 12.5. The lowest BCUT2D eigenvalue weighted by Crippen LogP contribution is -1.93. The van der Waals surface area contributed by atoms with Gasteiger partial charge in [-0.2, -0.15) is 0 Å². The van der Waals surface area contributed by atoms with Crippen molar-refractivity contribution in [1.29, 1.82) is 0 Å². The molecule has 1 heterocycles. The molecule has 0 atom stereocenters. The van der Waals surface area contributed by atoms with Crippen molar-refractivity contribution < 1.29 is 0 Å². The van der Waals surface area contributed by atoms with Gasteiger partial charge in [0.25, 0.3) is 0 Å². The van der Waals surface area contributed by atoms with Crippen molar-refractivity contribution in [2.45, 2.75) is 26.7 Å². The molecule has 1 nitrogen and oxygen atoms in total. The van der Waals surface area contributed by atoms with Gasteiger partial charge in [-0.3, -0.25) is 4.99 Å². The van der Waals surface area contributed by atoms with Gasteiger partial charge in [-0.05, 0) is 41.3 Å². The van der Waals surface area contributed by atoms with E-state index >= 15 is 0 Å². The number of hydrogen-bond acceptors (Lipinski definition) is 1. The molecular weight excluding hydrogens is 218 g/mol. The Morgan fingerprint density at radius 1 is 1.06 bits per heavy atom. The van der Waals surface area contributed by atoms with E-state index in [4.69, 9.17) is 0 Å². The predicted octanol–water partition coefficient (Wildman–Crippen LogP) is 4.44. The molecule has 3 rings (SSSR count). The standard InChI is InChI=1S/C17H17N/c1-12-9-10-18-17(12)11-15-8-7-14-5-3-4-6-16(14)13(15)2/h3-8,10H,9,11H2,1-2H3. The summed E-state index contributed by atoms with van der Waals surface area (Å²) >= 11 is 0. The van der Waals surface area contributed by atoms with E-state index in [0.29, 0.717) is 0 Å². The van der Waals surface area contributed by atoms with E-state index < -0.39 is 0 Å². The van der Waals surface area contributed by atoms with Crippen LogP contribution in [-0.4, -0.2) is 6.21 Å². The van der Waals surface area contributed by atoms with Gasteiger partial charge in [0, 0.05) is 24.8 Å². The zero-order valence-electron chi connectivity index (χ0n) is 10.9. The van der Waals surface area contributed by atoms with Crippen molar-refractivity contribution in [3.05, 3.63) is 58.8 Å². The van der Waals surface area contributed by atoms with E-state index in [2.05, 4.69) is 55.2 Å². The molecule has 2 aromatic rings. The molecular formula is C17H17N. The molecule has 1 heteroatoms. The van der Waals surface area contributed by atoms with Gasteiger partial charge >= 0.3 is 0 Å². The molecule has 0 aliphatic carbocycles. The summed E-state index contributed by atoms with van der Waals surface area (Å²) in [5.41, 5.74) is 5.42. The molecule has 1 aliphatic heterocycles. The third kappa shape index (κ3) is 1.86. The first-order valence-corrected chi connectivity index (χ1v) is 6.44. The summed E-state index contributed by atoms with van der Waals surface area (Å²) in [4.78, 5) is 4.49. The number of allylic oxidation sites excluding steroid dienone is 2. The fourth-order valence-corrected chi connectivity index (χ4v) is 2.56. The summed E-state index contributed by atoms with van der Waals surface area (Å²) in [5, 5.41) is 2.68. The molecule has 0 saturated heterocycles. The Balaban J connectivity index is 2.05. The van der Waals surface area contributed by atoms with Crippen LogP contribution in [0.3, 0.4) is 0 Å². The maximum absolute atomic E-state index is 4.49. The molecule has 0 unspecified atom stereocenters. The third-order valence-corrected chi connectivity index (χ3v) is 3.81. The Labute approximate surface area is 108 Å². The van der Waals surface area contributed by atoms with Crippen LogP contribution in [0.15, 0.2) is 52.7 Å². The minimum Gasteiger partial charge on any atom is -0.265 e. The minimum atomic E-state index is 0.957. The maximum Gasteiger partial charge on any atom is 0.0436 e. The van der Waals surface area contributed by atoms with Crippen molar-refractivity contribution in [3.8, 4) is 0 Å². The van der Waals surface area contributed by atoms with E-state index in [1.165, 1.54) is 33.2 Å². The first kappa shape index (κ1) is 11.2. The van der Waals surface area contributed by atoms with E-state index in [1.54, 1.807) is 0 Å². The molecule has 0 radical (unpaired) electrons. The summed E-state index contributed by atoms with van der Waals surface area (Å²) in [6.45, 7) is 4.39. The molecule has 18 heavy (non-hydrogen) atoms. The molecule has 0 aromatic heterocycles.